The maximum absolute atomic E-state index is 11.1. The van der Waals surface area contributed by atoms with Crippen molar-refractivity contribution in [1.82, 2.24) is 0 Å². The first-order valence-electron chi connectivity index (χ1n) is 3.50. The van der Waals surface area contributed by atoms with E-state index in [2.05, 4.69) is 9.33 Å². The Bertz CT molecular complexity index is 205. The van der Waals surface area contributed by atoms with E-state index in [1.165, 1.54) is 11.8 Å². The molecule has 0 aromatic carbocycles. The number of halogens is 1. The summed E-state index contributed by atoms with van der Waals surface area (Å²) in [4.78, 5) is 25.6. The minimum Gasteiger partial charge on any atom is -0.503 e. The van der Waals surface area contributed by atoms with Gasteiger partial charge in [-0.2, -0.15) is 11.8 Å². The number of aldehydes is 1. The quantitative estimate of drug-likeness (QED) is 0.248. The molecule has 0 aliphatic carbocycles. The summed E-state index contributed by atoms with van der Waals surface area (Å²) in [6, 6.07) is 0. The summed E-state index contributed by atoms with van der Waals surface area (Å²) in [6.07, 6.45) is 2.20. The Morgan fingerprint density at radius 3 is 2.86 bits per heavy atom. The molecule has 0 heterocycles. The molecule has 6 nitrogen and oxygen atoms in total. The minimum atomic E-state index is -1.75. The van der Waals surface area contributed by atoms with Gasteiger partial charge in [0.2, 0.25) is 0 Å². The molecule has 0 rings (SSSR count). The van der Waals surface area contributed by atoms with Gasteiger partial charge in [0.15, 0.2) is 11.8 Å². The predicted octanol–water partition coefficient (Wildman–Crippen LogP) is -1.61. The van der Waals surface area contributed by atoms with Gasteiger partial charge in [0.1, 0.15) is 4.44 Å². The van der Waals surface area contributed by atoms with E-state index in [1.807, 2.05) is 0 Å². The van der Waals surface area contributed by atoms with Crippen LogP contribution in [0, 0.1) is 11.3 Å². The van der Waals surface area contributed by atoms with Gasteiger partial charge in [0.25, 0.3) is 0 Å². The van der Waals surface area contributed by atoms with E-state index >= 15 is 0 Å². The molecule has 0 aliphatic rings. The molecule has 8 heteroatoms. The van der Waals surface area contributed by atoms with Crippen molar-refractivity contribution in [2.75, 3.05) is 12.0 Å². The van der Waals surface area contributed by atoms with Crippen LogP contribution in [0.2, 0.25) is 0 Å². The third-order valence-electron chi connectivity index (χ3n) is 1.44. The zero-order valence-electron chi connectivity index (χ0n) is 7.40. The van der Waals surface area contributed by atoms with Crippen LogP contribution in [-0.2, 0) is 18.9 Å². The van der Waals surface area contributed by atoms with Crippen molar-refractivity contribution in [2.45, 2.75) is 12.0 Å². The van der Waals surface area contributed by atoms with Gasteiger partial charge in [0.05, 0.1) is 0 Å². The van der Waals surface area contributed by atoms with Gasteiger partial charge >= 0.3 is 17.3 Å². The number of carbonyl (C=O) groups is 2. The van der Waals surface area contributed by atoms with E-state index in [0.717, 1.165) is 0 Å². The van der Waals surface area contributed by atoms with Crippen molar-refractivity contribution < 1.29 is 34.9 Å². The van der Waals surface area contributed by atoms with Crippen LogP contribution in [0.3, 0.4) is 0 Å². The molecule has 1 unspecified atom stereocenters. The molecular formula is C6H10ClNO5S. The van der Waals surface area contributed by atoms with Crippen molar-refractivity contribution >= 4 is 24.0 Å². The summed E-state index contributed by atoms with van der Waals surface area (Å²) in [5.41, 5.74) is 3.67. The molecule has 0 saturated heterocycles. The van der Waals surface area contributed by atoms with Crippen LogP contribution >= 0.6 is 11.8 Å². The molecule has 0 aromatic heterocycles. The number of hydrogen-bond acceptors (Lipinski definition) is 7. The molecule has 0 spiro atoms. The van der Waals surface area contributed by atoms with Crippen LogP contribution in [0.4, 0.5) is 0 Å². The maximum atomic E-state index is 11.1. The second kappa shape index (κ2) is 7.02. The normalized spacial score (nSPS) is 14.5. The molecule has 14 heavy (non-hydrogen) atoms. The summed E-state index contributed by atoms with van der Waals surface area (Å²) in [5, 5.41) is 0. The van der Waals surface area contributed by atoms with Crippen LogP contribution in [0.1, 0.15) is 6.42 Å². The van der Waals surface area contributed by atoms with Gasteiger partial charge in [-0.3, -0.25) is 0 Å². The van der Waals surface area contributed by atoms with E-state index in [0.29, 0.717) is 5.75 Å². The highest BCUT2D eigenvalue weighted by Crippen LogP contribution is 2.10. The number of nitrogens with two attached hydrogens (primary N) is 1. The summed E-state index contributed by atoms with van der Waals surface area (Å²) < 4.78 is 13.4. The van der Waals surface area contributed by atoms with Gasteiger partial charge in [-0.25, -0.2) is 9.68 Å². The standard InChI is InChI=1S/C6H10ClNO5S/c1-14-3-2-6(8,4-9)5(10)12-13-7-11/h4H,2-3,8H2,1H3. The van der Waals surface area contributed by atoms with Gasteiger partial charge in [-0.1, -0.05) is 0 Å². The van der Waals surface area contributed by atoms with Crippen molar-refractivity contribution in [1.29, 1.82) is 0 Å². The Morgan fingerprint density at radius 1 is 1.79 bits per heavy atom. The smallest absolute Gasteiger partial charge is 0.378 e. The summed E-state index contributed by atoms with van der Waals surface area (Å²) >= 11 is 1.46. The van der Waals surface area contributed by atoms with Gasteiger partial charge in [0, 0.05) is 0 Å². The lowest BCUT2D eigenvalue weighted by Crippen LogP contribution is -2.51. The first-order chi connectivity index (χ1) is 6.60. The number of carbonyl (C=O) groups excluding carboxylic acids is 2. The molecule has 0 amide bonds. The molecule has 0 radical (unpaired) electrons. The largest absolute Gasteiger partial charge is 0.503 e. The predicted molar refractivity (Wildman–Crippen MR) is 43.2 cm³/mol. The molecule has 0 fully saturated rings. The first-order valence-corrected chi connectivity index (χ1v) is 5.51. The van der Waals surface area contributed by atoms with Crippen molar-refractivity contribution in [3.05, 3.63) is 0 Å². The molecule has 0 bridgehead atoms. The fourth-order valence-electron chi connectivity index (χ4n) is 0.599. The van der Waals surface area contributed by atoms with Crippen molar-refractivity contribution in [3.8, 4) is 0 Å². The Labute approximate surface area is 89.1 Å². The van der Waals surface area contributed by atoms with E-state index in [4.69, 9.17) is 5.73 Å². The molecule has 82 valence electrons. The third kappa shape index (κ3) is 4.25. The molecule has 0 aliphatic heterocycles. The fraction of sp³-hybridized carbons (Fsp3) is 0.667. The van der Waals surface area contributed by atoms with E-state index in [1.54, 1.807) is 6.26 Å². The number of hydrogen-bond donors (Lipinski definition) is 1. The monoisotopic (exact) mass is 243 g/mol. The molecular weight excluding hydrogens is 234 g/mol. The first kappa shape index (κ1) is 13.7. The Kier molecular flexibility index (Phi) is 6.85. The third-order valence-corrected chi connectivity index (χ3v) is 2.17. The van der Waals surface area contributed by atoms with Crippen LogP contribution in [0.5, 0.6) is 0 Å². The fourth-order valence-corrected chi connectivity index (χ4v) is 1.22. The highest BCUT2D eigenvalue weighted by Gasteiger charge is 2.37. The second-order valence-electron chi connectivity index (χ2n) is 2.40. The van der Waals surface area contributed by atoms with Gasteiger partial charge in [-0.15, -0.1) is 0 Å². The highest BCUT2D eigenvalue weighted by molar-refractivity contribution is 7.98. The Morgan fingerprint density at radius 2 is 2.43 bits per heavy atom. The zero-order chi connectivity index (χ0) is 11.0. The number of thioether (sulfide) groups is 1. The van der Waals surface area contributed by atoms with E-state index in [-0.39, 0.29) is 24.0 Å². The van der Waals surface area contributed by atoms with Crippen LogP contribution in [0.15, 0.2) is 0 Å². The van der Waals surface area contributed by atoms with Crippen LogP contribution < -0.4 is 10.4 Å². The minimum absolute atomic E-state index is 0.0341. The summed E-state index contributed by atoms with van der Waals surface area (Å²) in [5.74, 6) is -0.561. The van der Waals surface area contributed by atoms with Crippen LogP contribution in [0.25, 0.3) is 0 Å². The highest BCUT2D eigenvalue weighted by atomic mass is 35.6. The summed E-state index contributed by atoms with van der Waals surface area (Å²) in [7, 11) is 0. The SMILES string of the molecule is CSCCC(N)(C=O)C(=O)OO[Cl+][O-]. The van der Waals surface area contributed by atoms with E-state index < -0.39 is 11.5 Å². The number of rotatable bonds is 7. The van der Waals surface area contributed by atoms with Crippen molar-refractivity contribution in [2.24, 2.45) is 5.73 Å². The average molecular weight is 244 g/mol. The maximum Gasteiger partial charge on any atom is 0.378 e. The topological polar surface area (TPSA) is 102 Å². The Hall–Kier alpha value is -0.340. The summed E-state index contributed by atoms with van der Waals surface area (Å²) in [6.45, 7) is 0. The molecule has 0 saturated carbocycles. The van der Waals surface area contributed by atoms with E-state index in [9.17, 15) is 14.2 Å². The van der Waals surface area contributed by atoms with Crippen molar-refractivity contribution in [3.63, 3.8) is 0 Å². The van der Waals surface area contributed by atoms with Gasteiger partial charge < -0.3 is 15.2 Å². The second-order valence-corrected chi connectivity index (χ2v) is 3.64. The van der Waals surface area contributed by atoms with Crippen LogP contribution in [-0.4, -0.2) is 29.8 Å². The molecule has 2 N–H and O–H groups in total. The zero-order valence-corrected chi connectivity index (χ0v) is 8.97. The molecule has 1 atom stereocenters. The molecule has 0 aromatic rings. The lowest BCUT2D eigenvalue weighted by Gasteiger charge is -2.17. The lowest BCUT2D eigenvalue weighted by molar-refractivity contribution is -1.29. The Balaban J connectivity index is 4.19. The van der Waals surface area contributed by atoms with Gasteiger partial charge in [-0.05, 0) is 18.4 Å². The average Bonchev–Trinajstić information content (AvgIpc) is 2.22. The lowest BCUT2D eigenvalue weighted by atomic mass is 10.0.